The van der Waals surface area contributed by atoms with Crippen LogP contribution in [0.5, 0.6) is 5.75 Å². The van der Waals surface area contributed by atoms with Crippen molar-refractivity contribution in [1.29, 1.82) is 0 Å². The zero-order valence-corrected chi connectivity index (χ0v) is 14.4. The Balaban J connectivity index is 2.06. The highest BCUT2D eigenvalue weighted by Crippen LogP contribution is 2.26. The van der Waals surface area contributed by atoms with Crippen molar-refractivity contribution in [3.8, 4) is 17.0 Å². The van der Waals surface area contributed by atoms with Crippen LogP contribution in [0.1, 0.15) is 49.7 Å². The summed E-state index contributed by atoms with van der Waals surface area (Å²) in [6.07, 6.45) is 5.50. The molecule has 1 aliphatic carbocycles. The number of ether oxygens (including phenoxy) is 1. The molecule has 0 fully saturated rings. The third-order valence-corrected chi connectivity index (χ3v) is 4.63. The van der Waals surface area contributed by atoms with Gasteiger partial charge < -0.3 is 9.94 Å². The molecular weight excluding hydrogens is 304 g/mol. The molecule has 0 atom stereocenters. The Bertz CT molecular complexity index is 779. The van der Waals surface area contributed by atoms with Gasteiger partial charge in [-0.25, -0.2) is 0 Å². The molecule has 5 nitrogen and oxygen atoms in total. The molecule has 5 heteroatoms. The van der Waals surface area contributed by atoms with E-state index < -0.39 is 0 Å². The second kappa shape index (κ2) is 7.07. The van der Waals surface area contributed by atoms with Crippen LogP contribution in [0.25, 0.3) is 11.3 Å². The number of fused-ring (bicyclic) bond motifs is 1. The summed E-state index contributed by atoms with van der Waals surface area (Å²) in [6.45, 7) is 4.53. The molecule has 0 spiro atoms. The first-order valence-electron chi connectivity index (χ1n) is 8.76. The van der Waals surface area contributed by atoms with E-state index in [1.165, 1.54) is 4.73 Å². The van der Waals surface area contributed by atoms with Gasteiger partial charge in [-0.3, -0.25) is 0 Å². The molecule has 1 aromatic heterocycles. The average molecular weight is 329 g/mol. The van der Waals surface area contributed by atoms with E-state index in [1.54, 1.807) is 6.92 Å². The van der Waals surface area contributed by atoms with Gasteiger partial charge in [0.1, 0.15) is 17.1 Å². The van der Waals surface area contributed by atoms with Crippen LogP contribution in [0.15, 0.2) is 24.3 Å². The molecule has 3 rings (SSSR count). The average Bonchev–Trinajstić information content (AvgIpc) is 2.85. The Morgan fingerprint density at radius 2 is 1.88 bits per heavy atom. The topological polar surface area (TPSA) is 57.4 Å². The lowest BCUT2D eigenvalue weighted by atomic mass is 10.1. The number of hydrogen-bond donors (Lipinski definition) is 1. The van der Waals surface area contributed by atoms with E-state index >= 15 is 0 Å². The number of benzene rings is 1. The van der Waals surface area contributed by atoms with E-state index in [4.69, 9.17) is 4.74 Å². The maximum atomic E-state index is 13.0. The summed E-state index contributed by atoms with van der Waals surface area (Å²) in [6, 6.07) is 7.51. The zero-order chi connectivity index (χ0) is 17.1. The van der Waals surface area contributed by atoms with Crippen LogP contribution in [-0.2, 0) is 12.8 Å². The molecule has 0 bridgehead atoms. The molecule has 2 aromatic rings. The van der Waals surface area contributed by atoms with Gasteiger partial charge in [0.05, 0.1) is 16.6 Å². The van der Waals surface area contributed by atoms with Crippen LogP contribution in [0.2, 0.25) is 0 Å². The first-order chi connectivity index (χ1) is 11.6. The first-order valence-corrected chi connectivity index (χ1v) is 8.76. The second-order valence-electron chi connectivity index (χ2n) is 6.37. The Morgan fingerprint density at radius 1 is 1.17 bits per heavy atom. The number of nitrogens with zero attached hydrogens (tertiary/aromatic N) is 2. The van der Waals surface area contributed by atoms with Crippen molar-refractivity contribution in [3.63, 3.8) is 0 Å². The largest absolute Gasteiger partial charge is 0.494 e. The fourth-order valence-corrected chi connectivity index (χ4v) is 3.34. The Hall–Kier alpha value is -2.30. The normalized spacial score (nSPS) is 14.1. The van der Waals surface area contributed by atoms with Gasteiger partial charge in [-0.15, -0.1) is 0 Å². The third kappa shape index (κ3) is 3.03. The number of hydrogen-bond acceptors (Lipinski definition) is 3. The lowest BCUT2D eigenvalue weighted by Crippen LogP contribution is -2.31. The van der Waals surface area contributed by atoms with Gasteiger partial charge >= 0.3 is 0 Å². The maximum Gasteiger partial charge on any atom is 0.292 e. The van der Waals surface area contributed by atoms with E-state index in [0.717, 1.165) is 53.5 Å². The molecule has 0 unspecified atom stereocenters. The molecule has 1 aromatic carbocycles. The van der Waals surface area contributed by atoms with Crippen molar-refractivity contribution in [2.75, 3.05) is 6.61 Å². The van der Waals surface area contributed by atoms with Gasteiger partial charge in [-0.1, -0.05) is 13.3 Å². The van der Waals surface area contributed by atoms with Gasteiger partial charge in [-0.05, 0) is 56.9 Å². The van der Waals surface area contributed by atoms with E-state index in [-0.39, 0.29) is 0 Å². The Labute approximate surface area is 142 Å². The standard InChI is InChI=1S/C19H25N2O3/c1-3-13-24-16-11-9-15(10-12-16)19-14(2)20(22)17-7-5-4-6-8-18(17)21(19)23/h9-12,22H,3-8,13H2,1-2H3/q+1. The molecule has 1 N–H and O–H groups in total. The Kier molecular flexibility index (Phi) is 4.88. The van der Waals surface area contributed by atoms with Crippen molar-refractivity contribution in [2.45, 2.75) is 52.4 Å². The molecule has 128 valence electrons. The van der Waals surface area contributed by atoms with Gasteiger partial charge in [0.25, 0.3) is 11.4 Å². The highest BCUT2D eigenvalue weighted by atomic mass is 16.5. The fourth-order valence-electron chi connectivity index (χ4n) is 3.34. The van der Waals surface area contributed by atoms with Crippen LogP contribution in [-0.4, -0.2) is 16.5 Å². The lowest BCUT2D eigenvalue weighted by Gasteiger charge is -2.11. The molecule has 0 saturated carbocycles. The smallest absolute Gasteiger partial charge is 0.292 e. The molecule has 0 radical (unpaired) electrons. The summed E-state index contributed by atoms with van der Waals surface area (Å²) < 4.78 is 7.83. The van der Waals surface area contributed by atoms with Crippen molar-refractivity contribution < 1.29 is 14.4 Å². The fraction of sp³-hybridized carbons (Fsp3) is 0.474. The SMILES string of the molecule is CCCOc1ccc(-c2c(C)n(O)c3c([n+]2=O)CCCCC3)cc1. The maximum absolute atomic E-state index is 13.0. The van der Waals surface area contributed by atoms with E-state index in [9.17, 15) is 10.1 Å². The number of aromatic nitrogens is 2. The van der Waals surface area contributed by atoms with E-state index in [1.807, 2.05) is 24.3 Å². The summed E-state index contributed by atoms with van der Waals surface area (Å²) >= 11 is 0. The van der Waals surface area contributed by atoms with Gasteiger partial charge in [-0.2, -0.15) is 4.73 Å². The minimum Gasteiger partial charge on any atom is -0.494 e. The van der Waals surface area contributed by atoms with Crippen LogP contribution in [0, 0.1) is 11.8 Å². The van der Waals surface area contributed by atoms with E-state index in [2.05, 4.69) is 6.92 Å². The second-order valence-corrected chi connectivity index (χ2v) is 6.37. The number of rotatable bonds is 4. The Morgan fingerprint density at radius 3 is 2.58 bits per heavy atom. The van der Waals surface area contributed by atoms with Crippen LogP contribution in [0.3, 0.4) is 0 Å². The quantitative estimate of drug-likeness (QED) is 0.529. The van der Waals surface area contributed by atoms with Gasteiger partial charge in [0.2, 0.25) is 0 Å². The summed E-state index contributed by atoms with van der Waals surface area (Å²) in [7, 11) is 0. The molecule has 24 heavy (non-hydrogen) atoms. The molecular formula is C19H25N2O3+. The van der Waals surface area contributed by atoms with Crippen molar-refractivity contribution in [3.05, 3.63) is 46.3 Å². The van der Waals surface area contributed by atoms with Crippen molar-refractivity contribution in [1.82, 2.24) is 4.73 Å². The first kappa shape index (κ1) is 16.6. The van der Waals surface area contributed by atoms with Crippen LogP contribution in [0.4, 0.5) is 0 Å². The lowest BCUT2D eigenvalue weighted by molar-refractivity contribution is -0.495. The summed E-state index contributed by atoms with van der Waals surface area (Å²) in [4.78, 5) is 13.0. The predicted molar refractivity (Wildman–Crippen MR) is 92.2 cm³/mol. The minimum absolute atomic E-state index is 0.514. The highest BCUT2D eigenvalue weighted by Gasteiger charge is 2.29. The summed E-state index contributed by atoms with van der Waals surface area (Å²) in [5, 5.41) is 10.5. The molecule has 1 heterocycles. The highest BCUT2D eigenvalue weighted by molar-refractivity contribution is 5.59. The monoisotopic (exact) mass is 329 g/mol. The molecule has 0 saturated heterocycles. The van der Waals surface area contributed by atoms with E-state index in [0.29, 0.717) is 30.1 Å². The summed E-state index contributed by atoms with van der Waals surface area (Å²) in [5.74, 6) is 0.794. The molecule has 1 aliphatic rings. The molecule has 0 aliphatic heterocycles. The van der Waals surface area contributed by atoms with Crippen molar-refractivity contribution in [2.24, 2.45) is 0 Å². The zero-order valence-electron chi connectivity index (χ0n) is 14.4. The minimum atomic E-state index is 0.514. The third-order valence-electron chi connectivity index (χ3n) is 4.63. The van der Waals surface area contributed by atoms with Gasteiger partial charge in [0, 0.05) is 11.3 Å². The van der Waals surface area contributed by atoms with Crippen LogP contribution >= 0.6 is 0 Å². The van der Waals surface area contributed by atoms with Gasteiger partial charge in [0.15, 0.2) is 0 Å². The van der Waals surface area contributed by atoms with Crippen molar-refractivity contribution >= 4 is 0 Å². The molecule has 0 amide bonds. The summed E-state index contributed by atoms with van der Waals surface area (Å²) in [5.41, 5.74) is 3.34. The predicted octanol–water partition coefficient (Wildman–Crippen LogP) is 3.67. The van der Waals surface area contributed by atoms with Crippen LogP contribution < -0.4 is 9.16 Å².